The van der Waals surface area contributed by atoms with Gasteiger partial charge in [0.05, 0.1) is 32.5 Å². The van der Waals surface area contributed by atoms with Crippen LogP contribution in [-0.2, 0) is 18.9 Å². The molecule has 3 saturated carbocycles. The van der Waals surface area contributed by atoms with E-state index in [9.17, 15) is 5.11 Å². The molecule has 2 spiro atoms. The predicted octanol–water partition coefficient (Wildman–Crippen LogP) is 3.41. The molecule has 0 aromatic carbocycles. The highest BCUT2D eigenvalue weighted by Crippen LogP contribution is 2.68. The highest BCUT2D eigenvalue weighted by Gasteiger charge is 2.68. The molecule has 5 heteroatoms. The third-order valence-electron chi connectivity index (χ3n) is 9.38. The summed E-state index contributed by atoms with van der Waals surface area (Å²) in [5.74, 6) is 1.19. The van der Waals surface area contributed by atoms with Crippen molar-refractivity contribution in [2.75, 3.05) is 26.4 Å². The van der Waals surface area contributed by atoms with E-state index in [-0.39, 0.29) is 17.3 Å². The van der Waals surface area contributed by atoms with Crippen molar-refractivity contribution in [1.82, 2.24) is 0 Å². The van der Waals surface area contributed by atoms with Crippen LogP contribution in [0.5, 0.6) is 0 Å². The second-order valence-corrected chi connectivity index (χ2v) is 10.1. The quantitative estimate of drug-likeness (QED) is 0.696. The van der Waals surface area contributed by atoms with E-state index in [4.69, 9.17) is 18.9 Å². The first-order valence-electron chi connectivity index (χ1n) is 11.5. The van der Waals surface area contributed by atoms with Crippen molar-refractivity contribution in [3.63, 3.8) is 0 Å². The van der Waals surface area contributed by atoms with E-state index in [0.717, 1.165) is 58.2 Å². The Kier molecular flexibility index (Phi) is 4.10. The number of aliphatic hydroxyl groups is 1. The fourth-order valence-corrected chi connectivity index (χ4v) is 8.38. The summed E-state index contributed by atoms with van der Waals surface area (Å²) in [6, 6.07) is 0. The minimum atomic E-state index is -0.440. The zero-order valence-corrected chi connectivity index (χ0v) is 17.0. The first-order valence-corrected chi connectivity index (χ1v) is 11.5. The van der Waals surface area contributed by atoms with E-state index in [0.29, 0.717) is 36.9 Å². The van der Waals surface area contributed by atoms with Crippen LogP contribution in [-0.4, -0.2) is 49.2 Å². The van der Waals surface area contributed by atoms with Crippen LogP contribution >= 0.6 is 0 Å². The zero-order chi connectivity index (χ0) is 19.0. The minimum absolute atomic E-state index is 0.0248. The first kappa shape index (κ1) is 18.3. The number of rotatable bonds is 1. The molecule has 2 aliphatic heterocycles. The number of ether oxygens (including phenoxy) is 4. The molecule has 1 N–H and O–H groups in total. The molecule has 28 heavy (non-hydrogen) atoms. The Labute approximate surface area is 167 Å². The second kappa shape index (κ2) is 6.27. The van der Waals surface area contributed by atoms with E-state index in [1.54, 1.807) is 0 Å². The average Bonchev–Trinajstić information content (AvgIpc) is 3.43. The van der Waals surface area contributed by atoms with E-state index in [1.165, 1.54) is 12.0 Å². The summed E-state index contributed by atoms with van der Waals surface area (Å²) in [4.78, 5) is 0. The highest BCUT2D eigenvalue weighted by atomic mass is 16.7. The lowest BCUT2D eigenvalue weighted by atomic mass is 9.50. The molecule has 156 valence electrons. The summed E-state index contributed by atoms with van der Waals surface area (Å²) >= 11 is 0. The zero-order valence-electron chi connectivity index (χ0n) is 17.0. The molecule has 2 saturated heterocycles. The van der Waals surface area contributed by atoms with Crippen molar-refractivity contribution in [1.29, 1.82) is 0 Å². The minimum Gasteiger partial charge on any atom is -0.393 e. The van der Waals surface area contributed by atoms with Gasteiger partial charge in [0.25, 0.3) is 0 Å². The van der Waals surface area contributed by atoms with Crippen molar-refractivity contribution >= 4 is 0 Å². The molecule has 0 amide bonds. The molecule has 4 aliphatic carbocycles. The van der Waals surface area contributed by atoms with Gasteiger partial charge in [-0.2, -0.15) is 0 Å². The molecule has 0 radical (unpaired) electrons. The van der Waals surface area contributed by atoms with Crippen LogP contribution in [0.2, 0.25) is 0 Å². The van der Waals surface area contributed by atoms with E-state index in [2.05, 4.69) is 13.0 Å². The normalized spacial score (nSPS) is 48.4. The summed E-state index contributed by atoms with van der Waals surface area (Å²) in [6.07, 6.45) is 10.3. The molecule has 0 aromatic rings. The van der Waals surface area contributed by atoms with Crippen molar-refractivity contribution in [3.05, 3.63) is 11.6 Å². The average molecular weight is 391 g/mol. The fraction of sp³-hybridized carbons (Fsp3) is 0.913. The van der Waals surface area contributed by atoms with E-state index >= 15 is 0 Å². The second-order valence-electron chi connectivity index (χ2n) is 10.1. The highest BCUT2D eigenvalue weighted by molar-refractivity contribution is 5.24. The van der Waals surface area contributed by atoms with Gasteiger partial charge in [0.1, 0.15) is 0 Å². The van der Waals surface area contributed by atoms with Crippen LogP contribution in [0, 0.1) is 29.1 Å². The summed E-state index contributed by atoms with van der Waals surface area (Å²) in [5.41, 5.74) is 1.46. The van der Waals surface area contributed by atoms with Crippen LogP contribution in [0.1, 0.15) is 58.3 Å². The number of hydrogen-bond donors (Lipinski definition) is 1. The summed E-state index contributed by atoms with van der Waals surface area (Å²) in [5, 5.41) is 11.5. The maximum absolute atomic E-state index is 11.5. The van der Waals surface area contributed by atoms with Gasteiger partial charge in [0.2, 0.25) is 0 Å². The Morgan fingerprint density at radius 1 is 1.04 bits per heavy atom. The predicted molar refractivity (Wildman–Crippen MR) is 102 cm³/mol. The van der Waals surface area contributed by atoms with Gasteiger partial charge in [0.15, 0.2) is 11.6 Å². The van der Waals surface area contributed by atoms with Gasteiger partial charge in [-0.05, 0) is 55.8 Å². The molecule has 5 fully saturated rings. The Balaban J connectivity index is 1.33. The van der Waals surface area contributed by atoms with Crippen molar-refractivity contribution in [2.45, 2.75) is 76.0 Å². The first-order chi connectivity index (χ1) is 13.6. The van der Waals surface area contributed by atoms with Crippen LogP contribution in [0.15, 0.2) is 11.6 Å². The SMILES string of the molecule is CC[C@]12C[C@@H](O)[C@H]3[C@@H](CC=C4CC5(CC[C@@H]43)OCCO5)[C@@H]1CCC21OCCO1. The maximum Gasteiger partial charge on any atom is 0.174 e. The smallest absolute Gasteiger partial charge is 0.174 e. The van der Waals surface area contributed by atoms with Crippen LogP contribution in [0.25, 0.3) is 0 Å². The Morgan fingerprint density at radius 2 is 1.79 bits per heavy atom. The van der Waals surface area contributed by atoms with E-state index in [1.807, 2.05) is 0 Å². The molecular formula is C23H34O5. The van der Waals surface area contributed by atoms with Crippen molar-refractivity contribution in [3.8, 4) is 0 Å². The third-order valence-corrected chi connectivity index (χ3v) is 9.38. The topological polar surface area (TPSA) is 57.2 Å². The lowest BCUT2D eigenvalue weighted by Crippen LogP contribution is -2.59. The van der Waals surface area contributed by atoms with Crippen molar-refractivity contribution < 1.29 is 24.1 Å². The molecule has 6 aliphatic rings. The molecule has 0 bridgehead atoms. The largest absolute Gasteiger partial charge is 0.393 e. The molecular weight excluding hydrogens is 356 g/mol. The summed E-state index contributed by atoms with van der Waals surface area (Å²) in [6.45, 7) is 5.12. The Hall–Kier alpha value is -0.460. The summed E-state index contributed by atoms with van der Waals surface area (Å²) < 4.78 is 24.6. The van der Waals surface area contributed by atoms with Gasteiger partial charge in [-0.3, -0.25) is 0 Å². The van der Waals surface area contributed by atoms with Gasteiger partial charge in [-0.15, -0.1) is 0 Å². The third kappa shape index (κ3) is 2.26. The van der Waals surface area contributed by atoms with Crippen molar-refractivity contribution in [2.24, 2.45) is 29.1 Å². The molecule has 2 heterocycles. The number of allylic oxidation sites excluding steroid dienone is 1. The molecule has 6 atom stereocenters. The van der Waals surface area contributed by atoms with E-state index < -0.39 is 5.79 Å². The van der Waals surface area contributed by atoms with Crippen LogP contribution in [0.3, 0.4) is 0 Å². The monoisotopic (exact) mass is 390 g/mol. The summed E-state index contributed by atoms with van der Waals surface area (Å²) in [7, 11) is 0. The van der Waals surface area contributed by atoms with Gasteiger partial charge in [-0.1, -0.05) is 18.6 Å². The molecule has 0 unspecified atom stereocenters. The maximum atomic E-state index is 11.5. The lowest BCUT2D eigenvalue weighted by molar-refractivity contribution is -0.261. The number of aliphatic hydroxyl groups excluding tert-OH is 1. The number of hydrogen-bond acceptors (Lipinski definition) is 5. The van der Waals surface area contributed by atoms with Gasteiger partial charge >= 0.3 is 0 Å². The molecule has 5 nitrogen and oxygen atoms in total. The fourth-order valence-electron chi connectivity index (χ4n) is 8.38. The van der Waals surface area contributed by atoms with Crippen LogP contribution < -0.4 is 0 Å². The number of fused-ring (bicyclic) bond motifs is 6. The van der Waals surface area contributed by atoms with Gasteiger partial charge in [0, 0.05) is 24.7 Å². The Bertz CT molecular complexity index is 662. The van der Waals surface area contributed by atoms with Gasteiger partial charge < -0.3 is 24.1 Å². The standard InChI is InChI=1S/C23H34O5/c1-2-21-14-19(24)20-16-5-7-22(25-9-10-26-22)13-15(16)3-4-17(20)18(21)6-8-23(21)27-11-12-28-23/h3,16-20,24H,2,4-14H2,1H3/t16-,17-,18-,19+,20+,21-/m0/s1. The molecule has 0 aromatic heterocycles. The Morgan fingerprint density at radius 3 is 2.54 bits per heavy atom. The lowest BCUT2D eigenvalue weighted by Gasteiger charge is -2.58. The van der Waals surface area contributed by atoms with Gasteiger partial charge in [-0.25, -0.2) is 0 Å². The van der Waals surface area contributed by atoms with Crippen LogP contribution in [0.4, 0.5) is 0 Å². The molecule has 6 rings (SSSR count).